The molecule has 0 saturated carbocycles. The number of carbonyl (C=O) groups is 1. The molecule has 0 aromatic carbocycles. The third kappa shape index (κ3) is 2.84. The maximum atomic E-state index is 12.5. The predicted octanol–water partition coefficient (Wildman–Crippen LogP) is 1.14. The predicted molar refractivity (Wildman–Crippen MR) is 79.1 cm³/mol. The van der Waals surface area contributed by atoms with E-state index in [0.717, 1.165) is 24.6 Å². The van der Waals surface area contributed by atoms with E-state index >= 15 is 0 Å². The van der Waals surface area contributed by atoms with E-state index in [9.17, 15) is 4.79 Å². The summed E-state index contributed by atoms with van der Waals surface area (Å²) in [6.07, 6.45) is 4.85. The highest BCUT2D eigenvalue weighted by Gasteiger charge is 2.24. The minimum atomic E-state index is 0.00812. The van der Waals surface area contributed by atoms with E-state index < -0.39 is 0 Å². The van der Waals surface area contributed by atoms with Gasteiger partial charge < -0.3 is 9.80 Å². The van der Waals surface area contributed by atoms with Gasteiger partial charge in [-0.2, -0.15) is 0 Å². The van der Waals surface area contributed by atoms with Crippen LogP contribution in [0, 0.1) is 6.92 Å². The van der Waals surface area contributed by atoms with Crippen LogP contribution in [-0.4, -0.2) is 51.9 Å². The van der Waals surface area contributed by atoms with Crippen LogP contribution in [0.2, 0.25) is 0 Å². The van der Waals surface area contributed by atoms with Crippen LogP contribution in [0.15, 0.2) is 36.9 Å². The molecule has 0 spiro atoms. The number of hydrogen-bond acceptors (Lipinski definition) is 5. The van der Waals surface area contributed by atoms with Crippen molar-refractivity contribution >= 4 is 11.7 Å². The van der Waals surface area contributed by atoms with E-state index in [0.29, 0.717) is 18.7 Å². The van der Waals surface area contributed by atoms with Gasteiger partial charge in [-0.15, -0.1) is 0 Å². The van der Waals surface area contributed by atoms with Gasteiger partial charge in [0.05, 0.1) is 11.3 Å². The largest absolute Gasteiger partial charge is 0.353 e. The first kappa shape index (κ1) is 13.5. The Balaban J connectivity index is 1.66. The molecule has 108 valence electrons. The topological polar surface area (TPSA) is 62.2 Å². The number of carbonyl (C=O) groups excluding carboxylic acids is 1. The number of anilines is 1. The first-order chi connectivity index (χ1) is 10.3. The Kier molecular flexibility index (Phi) is 3.77. The standard InChI is InChI=1S/C15H17N5O/c1-12-13(10-16-11-18-12)15(21)20-8-6-19(7-9-20)14-4-2-3-5-17-14/h2-5,10-11H,6-9H2,1H3. The highest BCUT2D eigenvalue weighted by atomic mass is 16.2. The van der Waals surface area contributed by atoms with Crippen molar-refractivity contribution in [2.24, 2.45) is 0 Å². The van der Waals surface area contributed by atoms with Crippen LogP contribution in [0.25, 0.3) is 0 Å². The third-order valence-corrected chi connectivity index (χ3v) is 3.68. The average Bonchev–Trinajstić information content (AvgIpc) is 2.56. The van der Waals surface area contributed by atoms with Crippen LogP contribution in [0.3, 0.4) is 0 Å². The second kappa shape index (κ2) is 5.87. The molecule has 3 heterocycles. The number of aromatic nitrogens is 3. The van der Waals surface area contributed by atoms with E-state index in [1.165, 1.54) is 6.33 Å². The van der Waals surface area contributed by atoms with Gasteiger partial charge in [0, 0.05) is 38.6 Å². The molecule has 6 heteroatoms. The van der Waals surface area contributed by atoms with Gasteiger partial charge in [0.15, 0.2) is 0 Å². The summed E-state index contributed by atoms with van der Waals surface area (Å²) < 4.78 is 0. The molecule has 1 amide bonds. The molecule has 0 radical (unpaired) electrons. The lowest BCUT2D eigenvalue weighted by molar-refractivity contribution is 0.0745. The number of aryl methyl sites for hydroxylation is 1. The fraction of sp³-hybridized carbons (Fsp3) is 0.333. The number of hydrogen-bond donors (Lipinski definition) is 0. The Hall–Kier alpha value is -2.50. The van der Waals surface area contributed by atoms with Crippen molar-refractivity contribution in [3.05, 3.63) is 48.2 Å². The molecule has 21 heavy (non-hydrogen) atoms. The summed E-state index contributed by atoms with van der Waals surface area (Å²) in [4.78, 5) is 28.9. The van der Waals surface area contributed by atoms with Gasteiger partial charge in [-0.1, -0.05) is 6.07 Å². The van der Waals surface area contributed by atoms with Gasteiger partial charge in [0.1, 0.15) is 12.1 Å². The zero-order chi connectivity index (χ0) is 14.7. The SMILES string of the molecule is Cc1ncncc1C(=O)N1CCN(c2ccccn2)CC1. The molecule has 6 nitrogen and oxygen atoms in total. The van der Waals surface area contributed by atoms with E-state index in [2.05, 4.69) is 19.9 Å². The molecule has 0 aliphatic carbocycles. The third-order valence-electron chi connectivity index (χ3n) is 3.68. The van der Waals surface area contributed by atoms with Crippen LogP contribution in [-0.2, 0) is 0 Å². The number of piperazine rings is 1. The molecular formula is C15H17N5O. The average molecular weight is 283 g/mol. The molecule has 0 atom stereocenters. The van der Waals surface area contributed by atoms with Gasteiger partial charge in [-0.25, -0.2) is 15.0 Å². The van der Waals surface area contributed by atoms with Crippen LogP contribution in [0.1, 0.15) is 16.1 Å². The Bertz CT molecular complexity index is 623. The summed E-state index contributed by atoms with van der Waals surface area (Å²) in [5, 5.41) is 0. The van der Waals surface area contributed by atoms with Crippen molar-refractivity contribution in [3.8, 4) is 0 Å². The minimum absolute atomic E-state index is 0.00812. The first-order valence-corrected chi connectivity index (χ1v) is 6.97. The molecule has 1 aliphatic rings. The molecule has 0 N–H and O–H groups in total. The number of pyridine rings is 1. The van der Waals surface area contributed by atoms with Crippen molar-refractivity contribution < 1.29 is 4.79 Å². The highest BCUT2D eigenvalue weighted by Crippen LogP contribution is 2.14. The van der Waals surface area contributed by atoms with Gasteiger partial charge >= 0.3 is 0 Å². The normalized spacial score (nSPS) is 15.1. The lowest BCUT2D eigenvalue weighted by atomic mass is 10.2. The Labute approximate surface area is 123 Å². The van der Waals surface area contributed by atoms with Crippen molar-refractivity contribution in [2.45, 2.75) is 6.92 Å². The van der Waals surface area contributed by atoms with E-state index in [4.69, 9.17) is 0 Å². The molecule has 2 aromatic rings. The first-order valence-electron chi connectivity index (χ1n) is 6.97. The molecule has 2 aromatic heterocycles. The summed E-state index contributed by atoms with van der Waals surface area (Å²) in [5.41, 5.74) is 1.31. The lowest BCUT2D eigenvalue weighted by Gasteiger charge is -2.35. The molecular weight excluding hydrogens is 266 g/mol. The van der Waals surface area contributed by atoms with Crippen LogP contribution in [0.4, 0.5) is 5.82 Å². The number of nitrogens with zero attached hydrogens (tertiary/aromatic N) is 5. The molecule has 3 rings (SSSR count). The Morgan fingerprint density at radius 2 is 1.95 bits per heavy atom. The molecule has 0 bridgehead atoms. The zero-order valence-corrected chi connectivity index (χ0v) is 11.9. The molecule has 0 unspecified atom stereocenters. The van der Waals surface area contributed by atoms with Crippen molar-refractivity contribution in [3.63, 3.8) is 0 Å². The highest BCUT2D eigenvalue weighted by molar-refractivity contribution is 5.95. The lowest BCUT2D eigenvalue weighted by Crippen LogP contribution is -2.49. The smallest absolute Gasteiger partial charge is 0.257 e. The van der Waals surface area contributed by atoms with Crippen molar-refractivity contribution in [1.82, 2.24) is 19.9 Å². The fourth-order valence-electron chi connectivity index (χ4n) is 2.45. The van der Waals surface area contributed by atoms with Crippen LogP contribution >= 0.6 is 0 Å². The maximum absolute atomic E-state index is 12.5. The zero-order valence-electron chi connectivity index (χ0n) is 11.9. The summed E-state index contributed by atoms with van der Waals surface area (Å²) >= 11 is 0. The molecule has 1 saturated heterocycles. The van der Waals surface area contributed by atoms with Crippen LogP contribution < -0.4 is 4.90 Å². The van der Waals surface area contributed by atoms with Gasteiger partial charge in [0.2, 0.25) is 0 Å². The fourth-order valence-corrected chi connectivity index (χ4v) is 2.45. The van der Waals surface area contributed by atoms with Crippen molar-refractivity contribution in [1.29, 1.82) is 0 Å². The summed E-state index contributed by atoms with van der Waals surface area (Å²) in [6.45, 7) is 4.78. The van der Waals surface area contributed by atoms with Gasteiger partial charge in [-0.05, 0) is 19.1 Å². The number of rotatable bonds is 2. The minimum Gasteiger partial charge on any atom is -0.353 e. The van der Waals surface area contributed by atoms with E-state index in [-0.39, 0.29) is 5.91 Å². The Morgan fingerprint density at radius 3 is 2.62 bits per heavy atom. The van der Waals surface area contributed by atoms with Crippen LogP contribution in [0.5, 0.6) is 0 Å². The maximum Gasteiger partial charge on any atom is 0.257 e. The molecule has 1 fully saturated rings. The Morgan fingerprint density at radius 1 is 1.14 bits per heavy atom. The number of amides is 1. The second-order valence-electron chi connectivity index (χ2n) is 4.99. The van der Waals surface area contributed by atoms with Crippen molar-refractivity contribution in [2.75, 3.05) is 31.1 Å². The van der Waals surface area contributed by atoms with E-state index in [1.54, 1.807) is 12.4 Å². The van der Waals surface area contributed by atoms with E-state index in [1.807, 2.05) is 30.0 Å². The van der Waals surface area contributed by atoms with Gasteiger partial charge in [-0.3, -0.25) is 4.79 Å². The summed E-state index contributed by atoms with van der Waals surface area (Å²) in [7, 11) is 0. The monoisotopic (exact) mass is 283 g/mol. The summed E-state index contributed by atoms with van der Waals surface area (Å²) in [5.74, 6) is 0.970. The summed E-state index contributed by atoms with van der Waals surface area (Å²) in [6, 6.07) is 5.87. The quantitative estimate of drug-likeness (QED) is 0.827. The van der Waals surface area contributed by atoms with Gasteiger partial charge in [0.25, 0.3) is 5.91 Å². The molecule has 1 aliphatic heterocycles. The second-order valence-corrected chi connectivity index (χ2v) is 4.99.